The zero-order chi connectivity index (χ0) is 89.3. The third-order valence-electron chi connectivity index (χ3n) is 29.7. The molecule has 0 bridgehead atoms. The SMILES string of the molecule is CCC(C)(CC)c1c[n+](C)c(-c2ccccc2C)cc1C.CCC(C)(CC)c1c[n+](C)c(-c2ccccc2C)cc1C.CCC(C)(CC)c1c[n+](C)c(-c2ccccc2C)cc1C.CCC(C)(CC)c1cc(-c2ccccc2C)[n+](C)cc1C(C)(CC)CC.[2H]C([2H])([2H])c1ccc(-c2cc(C(C)(CC)CC)c(C(C)(CC)CC)c[n+]2C)c(C)c1. The minimum atomic E-state index is -2.08. The van der Waals surface area contributed by atoms with Crippen molar-refractivity contribution in [2.45, 2.75) is 335 Å². The molecule has 0 spiro atoms. The van der Waals surface area contributed by atoms with E-state index in [4.69, 9.17) is 4.11 Å². The number of rotatable bonds is 26. The summed E-state index contributed by atoms with van der Waals surface area (Å²) in [5.74, 6) is 0. The molecule has 0 aliphatic rings. The molecule has 116 heavy (non-hydrogen) atoms. The fourth-order valence-corrected chi connectivity index (χ4v) is 17.6. The first-order chi connectivity index (χ1) is 55.9. The van der Waals surface area contributed by atoms with Crippen molar-refractivity contribution in [3.8, 4) is 56.3 Å². The van der Waals surface area contributed by atoms with Gasteiger partial charge in [0.1, 0.15) is 35.2 Å². The van der Waals surface area contributed by atoms with E-state index in [1.54, 1.807) is 11.6 Å². The van der Waals surface area contributed by atoms with E-state index in [-0.39, 0.29) is 37.9 Å². The van der Waals surface area contributed by atoms with Gasteiger partial charge in [0.25, 0.3) is 0 Å². The van der Waals surface area contributed by atoms with Crippen molar-refractivity contribution in [3.63, 3.8) is 0 Å². The molecule has 0 aliphatic heterocycles. The van der Waals surface area contributed by atoms with Crippen molar-refractivity contribution in [2.24, 2.45) is 35.2 Å². The predicted molar refractivity (Wildman–Crippen MR) is 503 cm³/mol. The molecule has 0 fully saturated rings. The number of pyridine rings is 5. The van der Waals surface area contributed by atoms with Crippen LogP contribution in [0.5, 0.6) is 0 Å². The van der Waals surface area contributed by atoms with Gasteiger partial charge >= 0.3 is 0 Å². The summed E-state index contributed by atoms with van der Waals surface area (Å²) in [6, 6.07) is 52.0. The van der Waals surface area contributed by atoms with E-state index in [1.807, 2.05) is 19.1 Å². The van der Waals surface area contributed by atoms with Crippen molar-refractivity contribution in [2.75, 3.05) is 0 Å². The average Bonchev–Trinajstić information content (AvgIpc) is 0.755. The Bertz CT molecular complexity index is 4720. The van der Waals surface area contributed by atoms with Gasteiger partial charge in [-0.15, -0.1) is 0 Å². The van der Waals surface area contributed by atoms with Gasteiger partial charge in [0, 0.05) is 90.1 Å². The molecule has 0 amide bonds. The molecule has 10 rings (SSSR count). The van der Waals surface area contributed by atoms with E-state index in [2.05, 4.69) is 410 Å². The van der Waals surface area contributed by atoms with Gasteiger partial charge in [0.05, 0.1) is 0 Å². The molecule has 0 unspecified atom stereocenters. The molecule has 5 heterocycles. The molecule has 5 aromatic carbocycles. The maximum Gasteiger partial charge on any atom is 0.212 e. The van der Waals surface area contributed by atoms with E-state index in [0.717, 1.165) is 42.5 Å². The molecular weight excluding hydrogens is 1400 g/mol. The lowest BCUT2D eigenvalue weighted by Gasteiger charge is -2.36. The van der Waals surface area contributed by atoms with Crippen LogP contribution in [0.1, 0.15) is 328 Å². The second-order valence-electron chi connectivity index (χ2n) is 36.5. The minimum Gasteiger partial charge on any atom is -0.201 e. The van der Waals surface area contributed by atoms with Crippen LogP contribution in [0.2, 0.25) is 0 Å². The van der Waals surface area contributed by atoms with Crippen molar-refractivity contribution >= 4 is 0 Å². The molecule has 626 valence electrons. The molecule has 10 aromatic rings. The monoisotopic (exact) mass is 1570 g/mol. The molecule has 0 aliphatic carbocycles. The van der Waals surface area contributed by atoms with Crippen LogP contribution in [0.15, 0.2) is 177 Å². The first kappa shape index (κ1) is 91.7. The summed E-state index contributed by atoms with van der Waals surface area (Å²) < 4.78 is 34.6. The van der Waals surface area contributed by atoms with Crippen LogP contribution in [-0.4, -0.2) is 0 Å². The van der Waals surface area contributed by atoms with E-state index < -0.39 is 6.85 Å². The van der Waals surface area contributed by atoms with Crippen LogP contribution < -0.4 is 22.8 Å². The van der Waals surface area contributed by atoms with Gasteiger partial charge in [-0.25, -0.2) is 22.8 Å². The summed E-state index contributed by atoms with van der Waals surface area (Å²) in [4.78, 5) is 0. The molecule has 5 heteroatoms. The molecule has 5 nitrogen and oxygen atoms in total. The van der Waals surface area contributed by atoms with Crippen molar-refractivity contribution in [3.05, 3.63) is 266 Å². The van der Waals surface area contributed by atoms with Crippen molar-refractivity contribution in [1.29, 1.82) is 0 Å². The Hall–Kier alpha value is -8.15. The molecule has 0 saturated carbocycles. The quantitative estimate of drug-likeness (QED) is 0.0482. The topological polar surface area (TPSA) is 19.4 Å². The van der Waals surface area contributed by atoms with E-state index in [1.165, 1.54) is 182 Å². The average molecular weight is 1570 g/mol. The van der Waals surface area contributed by atoms with Gasteiger partial charge in [-0.1, -0.05) is 236 Å². The van der Waals surface area contributed by atoms with Gasteiger partial charge in [-0.3, -0.25) is 0 Å². The Morgan fingerprint density at radius 3 is 0.612 bits per heavy atom. The molecule has 5 aromatic heterocycles. The maximum absolute atomic E-state index is 7.72. The summed E-state index contributed by atoms with van der Waals surface area (Å²) in [5, 5.41) is 0. The second kappa shape index (κ2) is 41.5. The molecule has 0 saturated heterocycles. The zero-order valence-electron chi connectivity index (χ0n) is 82.9. The van der Waals surface area contributed by atoms with Gasteiger partial charge < -0.3 is 0 Å². The number of nitrogens with zero attached hydrogens (tertiary/aromatic N) is 5. The largest absolute Gasteiger partial charge is 0.212 e. The first-order valence-electron chi connectivity index (χ1n) is 46.4. The number of aryl methyl sites for hydroxylation is 14. The zero-order valence-corrected chi connectivity index (χ0v) is 79.9. The summed E-state index contributed by atoms with van der Waals surface area (Å²) in [7, 11) is 10.8. The number of hydrogen-bond donors (Lipinski definition) is 0. The highest BCUT2D eigenvalue weighted by Crippen LogP contribution is 2.45. The number of benzene rings is 5. The van der Waals surface area contributed by atoms with Crippen LogP contribution in [0.25, 0.3) is 56.3 Å². The highest BCUT2D eigenvalue weighted by Gasteiger charge is 2.39. The van der Waals surface area contributed by atoms with Crippen LogP contribution in [0.4, 0.5) is 0 Å². The predicted octanol–water partition coefficient (Wildman–Crippen LogP) is 28.2. The van der Waals surface area contributed by atoms with Crippen LogP contribution in [-0.2, 0) is 73.1 Å². The fourth-order valence-electron chi connectivity index (χ4n) is 17.6. The summed E-state index contributed by atoms with van der Waals surface area (Å²) in [5.41, 5.74) is 35.6. The first-order valence-corrected chi connectivity index (χ1v) is 44.9. The Labute approximate surface area is 715 Å². The maximum atomic E-state index is 7.72. The highest BCUT2D eigenvalue weighted by atomic mass is 14.9. The molecular formula is C111H162N5+5. The minimum absolute atomic E-state index is 0.108. The molecule has 0 radical (unpaired) electrons. The lowest BCUT2D eigenvalue weighted by atomic mass is 9.68. The number of aromatic nitrogens is 5. The number of hydrogen-bond acceptors (Lipinski definition) is 0. The summed E-state index contributed by atoms with van der Waals surface area (Å²) in [6.07, 6.45) is 27.9. The van der Waals surface area contributed by atoms with Crippen LogP contribution in [0, 0.1) is 62.2 Å². The van der Waals surface area contributed by atoms with Gasteiger partial charge in [0.2, 0.25) is 28.5 Å². The van der Waals surface area contributed by atoms with Crippen LogP contribution in [0.3, 0.4) is 0 Å². The van der Waals surface area contributed by atoms with E-state index in [0.29, 0.717) is 5.56 Å². The Morgan fingerprint density at radius 1 is 0.216 bits per heavy atom. The fraction of sp³-hybridized carbons (Fsp3) is 0.505. The Morgan fingerprint density at radius 2 is 0.405 bits per heavy atom. The standard InChI is InChI=1S/C26H40N.C25H38N.3C20H28N/c1-10-25(7,11-2)22-17-24(21-15-14-19(5)16-20(21)6)27(9)18-23(22)26(8,12-3)13-4;1-9-24(6,10-2)21-17-23(20-16-14-13-15-19(20)5)26(8)18-22(21)25(7,11-3)12-4;3*1-7-20(5,8-2)18-14-21(6)19(13-16(18)4)17-12-10-9-11-15(17)3/h14-18H,10-13H2,1-9H3;13-18H,9-12H2,1-8H3;3*9-14H,7-8H2,1-6H3/q5*+1/i5D3;;;;. The van der Waals surface area contributed by atoms with E-state index >= 15 is 0 Å². The van der Waals surface area contributed by atoms with Gasteiger partial charge in [-0.05, 0) is 276 Å². The second-order valence-corrected chi connectivity index (χ2v) is 36.5. The van der Waals surface area contributed by atoms with Gasteiger partial charge in [0.15, 0.2) is 31.0 Å². The normalized spacial score (nSPS) is 12.6. The smallest absolute Gasteiger partial charge is 0.201 e. The molecule has 0 N–H and O–H groups in total. The Balaban J connectivity index is 0.000000232. The molecule has 0 atom stereocenters. The lowest BCUT2D eigenvalue weighted by Crippen LogP contribution is -2.38. The highest BCUT2D eigenvalue weighted by molar-refractivity contribution is 5.67. The third-order valence-corrected chi connectivity index (χ3v) is 29.7. The summed E-state index contributed by atoms with van der Waals surface area (Å²) >= 11 is 0. The van der Waals surface area contributed by atoms with Gasteiger partial charge in [-0.2, -0.15) is 0 Å². The lowest BCUT2D eigenvalue weighted by molar-refractivity contribution is -0.661. The Kier molecular flexibility index (Phi) is 32.8. The van der Waals surface area contributed by atoms with Crippen molar-refractivity contribution in [1.82, 2.24) is 0 Å². The summed E-state index contributed by atoms with van der Waals surface area (Å²) in [6.45, 7) is 64.4. The van der Waals surface area contributed by atoms with Crippen LogP contribution >= 0.6 is 0 Å². The van der Waals surface area contributed by atoms with E-state index in [9.17, 15) is 0 Å². The van der Waals surface area contributed by atoms with Crippen molar-refractivity contribution < 1.29 is 26.9 Å². The third kappa shape index (κ3) is 21.5.